The molecule has 0 radical (unpaired) electrons. The largest absolute Gasteiger partial charge is 0.493 e. The van der Waals surface area contributed by atoms with Gasteiger partial charge in [0.1, 0.15) is 5.75 Å². The van der Waals surface area contributed by atoms with Gasteiger partial charge in [0.05, 0.1) is 12.6 Å². The molecule has 1 aromatic rings. The molecule has 0 saturated heterocycles. The molecule has 1 heterocycles. The van der Waals surface area contributed by atoms with Crippen LogP contribution in [0.25, 0.3) is 0 Å². The maximum absolute atomic E-state index is 6.06. The average Bonchev–Trinajstić information content (AvgIpc) is 2.99. The lowest BCUT2D eigenvalue weighted by atomic mass is 9.81. The molecule has 1 unspecified atom stereocenters. The number of nitrogens with zero attached hydrogens (tertiary/aromatic N) is 1. The zero-order valence-corrected chi connectivity index (χ0v) is 13.6. The van der Waals surface area contributed by atoms with Gasteiger partial charge in [-0.1, -0.05) is 31.0 Å². The summed E-state index contributed by atoms with van der Waals surface area (Å²) < 4.78 is 6.06. The summed E-state index contributed by atoms with van der Waals surface area (Å²) in [6, 6.07) is 7.02. The summed E-state index contributed by atoms with van der Waals surface area (Å²) in [7, 11) is 6.55. The van der Waals surface area contributed by atoms with Crippen LogP contribution in [0.2, 0.25) is 0 Å². The van der Waals surface area contributed by atoms with E-state index in [1.807, 2.05) is 0 Å². The number of para-hydroxylation sites is 1. The fraction of sp³-hybridized carbons (Fsp3) is 0.667. The molecule has 1 aliphatic heterocycles. The second-order valence-corrected chi connectivity index (χ2v) is 6.71. The zero-order valence-electron chi connectivity index (χ0n) is 13.6. The molecule has 1 saturated carbocycles. The van der Waals surface area contributed by atoms with Crippen molar-refractivity contribution in [1.29, 1.82) is 0 Å². The molecule has 1 atom stereocenters. The first kappa shape index (κ1) is 14.9. The van der Waals surface area contributed by atoms with E-state index in [2.05, 4.69) is 49.6 Å². The summed E-state index contributed by atoms with van der Waals surface area (Å²) in [6.07, 6.45) is 7.46. The second-order valence-electron chi connectivity index (χ2n) is 6.71. The highest BCUT2D eigenvalue weighted by Gasteiger charge is 2.44. The molecule has 21 heavy (non-hydrogen) atoms. The van der Waals surface area contributed by atoms with Crippen LogP contribution in [0.1, 0.15) is 49.3 Å². The van der Waals surface area contributed by atoms with Crippen molar-refractivity contribution < 1.29 is 4.74 Å². The number of benzene rings is 1. The van der Waals surface area contributed by atoms with Crippen LogP contribution in [-0.4, -0.2) is 38.2 Å². The molecule has 3 rings (SSSR count). The zero-order chi connectivity index (χ0) is 14.9. The Morgan fingerprint density at radius 3 is 2.62 bits per heavy atom. The van der Waals surface area contributed by atoms with Gasteiger partial charge in [-0.05, 0) is 52.4 Å². The van der Waals surface area contributed by atoms with Crippen molar-refractivity contribution in [2.75, 3.05) is 27.7 Å². The van der Waals surface area contributed by atoms with Gasteiger partial charge in [-0.25, -0.2) is 0 Å². The van der Waals surface area contributed by atoms with Crippen LogP contribution >= 0.6 is 0 Å². The molecule has 1 fully saturated rings. The van der Waals surface area contributed by atoms with Gasteiger partial charge in [-0.15, -0.1) is 0 Å². The highest BCUT2D eigenvalue weighted by atomic mass is 16.5. The number of hydrogen-bond acceptors (Lipinski definition) is 3. The Kier molecular flexibility index (Phi) is 4.23. The van der Waals surface area contributed by atoms with Crippen LogP contribution in [0.15, 0.2) is 18.2 Å². The molecule has 0 amide bonds. The van der Waals surface area contributed by atoms with Crippen molar-refractivity contribution >= 4 is 0 Å². The lowest BCUT2D eigenvalue weighted by molar-refractivity contribution is 0.106. The minimum Gasteiger partial charge on any atom is -0.493 e. The monoisotopic (exact) mass is 288 g/mol. The fourth-order valence-electron chi connectivity index (χ4n) is 4.34. The van der Waals surface area contributed by atoms with E-state index in [0.717, 1.165) is 25.2 Å². The number of likely N-dealkylation sites (N-methyl/N-ethyl adjacent to an activating group) is 2. The third-order valence-corrected chi connectivity index (χ3v) is 5.46. The molecule has 3 heteroatoms. The Morgan fingerprint density at radius 1 is 1.19 bits per heavy atom. The third-order valence-electron chi connectivity index (χ3n) is 5.46. The number of rotatable bonds is 4. The molecular formula is C18H28N2O. The summed E-state index contributed by atoms with van der Waals surface area (Å²) in [5, 5.41) is 3.61. The Bertz CT molecular complexity index is 492. The first-order chi connectivity index (χ1) is 10.2. The number of aryl methyl sites for hydroxylation is 1. The van der Waals surface area contributed by atoms with Crippen molar-refractivity contribution in [2.24, 2.45) is 0 Å². The van der Waals surface area contributed by atoms with Gasteiger partial charge in [0.15, 0.2) is 0 Å². The van der Waals surface area contributed by atoms with E-state index in [0.29, 0.717) is 6.04 Å². The molecule has 1 aromatic carbocycles. The van der Waals surface area contributed by atoms with Crippen molar-refractivity contribution in [2.45, 2.75) is 50.1 Å². The van der Waals surface area contributed by atoms with Gasteiger partial charge in [0.2, 0.25) is 0 Å². The molecule has 1 aliphatic carbocycles. The van der Waals surface area contributed by atoms with Crippen LogP contribution in [-0.2, 0) is 6.42 Å². The van der Waals surface area contributed by atoms with Crippen molar-refractivity contribution in [1.82, 2.24) is 10.2 Å². The number of nitrogens with one attached hydrogen (secondary N) is 1. The number of fused-ring (bicyclic) bond motifs is 1. The summed E-state index contributed by atoms with van der Waals surface area (Å²) in [6.45, 7) is 0.857. The highest BCUT2D eigenvalue weighted by molar-refractivity contribution is 5.46. The van der Waals surface area contributed by atoms with E-state index in [-0.39, 0.29) is 5.54 Å². The molecule has 0 bridgehead atoms. The molecule has 116 valence electrons. The van der Waals surface area contributed by atoms with E-state index < -0.39 is 0 Å². The van der Waals surface area contributed by atoms with E-state index in [9.17, 15) is 0 Å². The molecule has 2 aliphatic rings. The van der Waals surface area contributed by atoms with Gasteiger partial charge >= 0.3 is 0 Å². The molecule has 1 N–H and O–H groups in total. The molecule has 0 aromatic heterocycles. The van der Waals surface area contributed by atoms with Crippen LogP contribution < -0.4 is 10.1 Å². The fourth-order valence-corrected chi connectivity index (χ4v) is 4.34. The average molecular weight is 288 g/mol. The number of hydrogen-bond donors (Lipinski definition) is 1. The SMILES string of the molecule is CNC(c1cccc2c1OCCC2)C1(N(C)C)CCCC1. The Labute approximate surface area is 128 Å². The van der Waals surface area contributed by atoms with E-state index in [1.165, 1.54) is 36.8 Å². The van der Waals surface area contributed by atoms with Gasteiger partial charge in [0.25, 0.3) is 0 Å². The van der Waals surface area contributed by atoms with E-state index >= 15 is 0 Å². The van der Waals surface area contributed by atoms with Gasteiger partial charge in [-0.2, -0.15) is 0 Å². The summed E-state index contributed by atoms with van der Waals surface area (Å²) in [5.41, 5.74) is 2.95. The van der Waals surface area contributed by atoms with Crippen molar-refractivity contribution in [3.63, 3.8) is 0 Å². The van der Waals surface area contributed by atoms with Gasteiger partial charge in [0, 0.05) is 11.1 Å². The Morgan fingerprint density at radius 2 is 1.95 bits per heavy atom. The molecular weight excluding hydrogens is 260 g/mol. The highest BCUT2D eigenvalue weighted by Crippen LogP contribution is 2.46. The standard InChI is InChI=1S/C18H28N2O/c1-19-17(18(20(2)3)11-4-5-12-18)15-10-6-8-14-9-7-13-21-16(14)15/h6,8,10,17,19H,4-5,7,9,11-13H2,1-3H3. The maximum atomic E-state index is 6.06. The van der Waals surface area contributed by atoms with Crippen molar-refractivity contribution in [3.8, 4) is 5.75 Å². The molecule has 0 spiro atoms. The van der Waals surface area contributed by atoms with Gasteiger partial charge < -0.3 is 15.0 Å². The second kappa shape index (κ2) is 5.98. The molecule has 3 nitrogen and oxygen atoms in total. The summed E-state index contributed by atoms with van der Waals surface area (Å²) >= 11 is 0. The third kappa shape index (κ3) is 2.47. The van der Waals surface area contributed by atoms with Crippen LogP contribution in [0.5, 0.6) is 5.75 Å². The number of ether oxygens (including phenoxy) is 1. The quantitative estimate of drug-likeness (QED) is 0.921. The maximum Gasteiger partial charge on any atom is 0.127 e. The first-order valence-corrected chi connectivity index (χ1v) is 8.28. The minimum atomic E-state index is 0.213. The van der Waals surface area contributed by atoms with E-state index in [4.69, 9.17) is 4.74 Å². The van der Waals surface area contributed by atoms with Crippen LogP contribution in [0, 0.1) is 0 Å². The lowest BCUT2D eigenvalue weighted by Crippen LogP contribution is -2.51. The Balaban J connectivity index is 2.04. The summed E-state index contributed by atoms with van der Waals surface area (Å²) in [4.78, 5) is 2.43. The minimum absolute atomic E-state index is 0.213. The van der Waals surface area contributed by atoms with Crippen molar-refractivity contribution in [3.05, 3.63) is 29.3 Å². The van der Waals surface area contributed by atoms with Crippen LogP contribution in [0.3, 0.4) is 0 Å². The summed E-state index contributed by atoms with van der Waals surface area (Å²) in [5.74, 6) is 1.15. The first-order valence-electron chi connectivity index (χ1n) is 8.28. The lowest BCUT2D eigenvalue weighted by Gasteiger charge is -2.44. The predicted molar refractivity (Wildman–Crippen MR) is 86.9 cm³/mol. The van der Waals surface area contributed by atoms with E-state index in [1.54, 1.807) is 0 Å². The normalized spacial score (nSPS) is 21.9. The topological polar surface area (TPSA) is 24.5 Å². The van der Waals surface area contributed by atoms with Crippen LogP contribution in [0.4, 0.5) is 0 Å². The Hall–Kier alpha value is -1.06. The smallest absolute Gasteiger partial charge is 0.127 e. The predicted octanol–water partition coefficient (Wildman–Crippen LogP) is 3.15. The van der Waals surface area contributed by atoms with Gasteiger partial charge in [-0.3, -0.25) is 0 Å².